The molecule has 1 aliphatic rings. The number of likely N-dealkylation sites (N-methyl/N-ethyl adjacent to an activating group) is 1. The van der Waals surface area contributed by atoms with Crippen LogP contribution in [0.4, 0.5) is 0 Å². The first-order chi connectivity index (χ1) is 9.07. The maximum absolute atomic E-state index is 12.5. The molecular formula is C15H31N3O. The van der Waals surface area contributed by atoms with Crippen LogP contribution in [-0.4, -0.2) is 54.0 Å². The molecule has 4 heteroatoms. The fourth-order valence-electron chi connectivity index (χ4n) is 2.96. The maximum atomic E-state index is 12.5. The van der Waals surface area contributed by atoms with E-state index in [0.29, 0.717) is 0 Å². The first-order valence-electron chi connectivity index (χ1n) is 7.88. The Bertz CT molecular complexity index is 271. The Hall–Kier alpha value is -0.610. The minimum atomic E-state index is -0.564. The van der Waals surface area contributed by atoms with Crippen molar-refractivity contribution in [1.29, 1.82) is 0 Å². The fourth-order valence-corrected chi connectivity index (χ4v) is 2.96. The van der Waals surface area contributed by atoms with Gasteiger partial charge in [0.1, 0.15) is 0 Å². The maximum Gasteiger partial charge on any atom is 0.242 e. The Morgan fingerprint density at radius 2 is 1.63 bits per heavy atom. The van der Waals surface area contributed by atoms with E-state index in [1.165, 1.54) is 0 Å². The average Bonchev–Trinajstić information content (AvgIpc) is 2.87. The number of carbonyl (C=O) groups excluding carboxylic acids is 1. The van der Waals surface area contributed by atoms with Gasteiger partial charge >= 0.3 is 0 Å². The Balaban J connectivity index is 2.42. The highest BCUT2D eigenvalue weighted by molar-refractivity contribution is 5.86. The van der Waals surface area contributed by atoms with Gasteiger partial charge in [0.2, 0.25) is 5.91 Å². The smallest absolute Gasteiger partial charge is 0.242 e. The summed E-state index contributed by atoms with van der Waals surface area (Å²) in [6.45, 7) is 11.2. The second-order valence-electron chi connectivity index (χ2n) is 5.63. The van der Waals surface area contributed by atoms with E-state index in [9.17, 15) is 4.79 Å². The number of hydrogen-bond donors (Lipinski definition) is 1. The molecular weight excluding hydrogens is 238 g/mol. The lowest BCUT2D eigenvalue weighted by Gasteiger charge is -2.31. The lowest BCUT2D eigenvalue weighted by Crippen LogP contribution is -2.53. The molecule has 0 unspecified atom stereocenters. The Labute approximate surface area is 118 Å². The molecule has 1 rings (SSSR count). The molecule has 0 saturated heterocycles. The molecule has 1 saturated carbocycles. The van der Waals surface area contributed by atoms with Crippen LogP contribution in [0.1, 0.15) is 52.9 Å². The third-order valence-electron chi connectivity index (χ3n) is 4.39. The highest BCUT2D eigenvalue weighted by Gasteiger charge is 2.39. The highest BCUT2D eigenvalue weighted by atomic mass is 16.2. The van der Waals surface area contributed by atoms with Gasteiger partial charge in [-0.15, -0.1) is 0 Å². The van der Waals surface area contributed by atoms with Crippen molar-refractivity contribution in [1.82, 2.24) is 9.80 Å². The van der Waals surface area contributed by atoms with Gasteiger partial charge in [0.05, 0.1) is 5.54 Å². The van der Waals surface area contributed by atoms with Crippen molar-refractivity contribution in [2.24, 2.45) is 5.73 Å². The standard InChI is InChI=1S/C15H31N3O/c1-4-17(5-2)12-9-13-18(6-3)14(19)15(16)10-7-8-11-15/h4-13,16H2,1-3H3. The molecule has 0 radical (unpaired) electrons. The van der Waals surface area contributed by atoms with E-state index in [1.807, 2.05) is 11.8 Å². The van der Waals surface area contributed by atoms with E-state index in [4.69, 9.17) is 5.73 Å². The van der Waals surface area contributed by atoms with Gasteiger partial charge in [-0.1, -0.05) is 26.7 Å². The third-order valence-corrected chi connectivity index (χ3v) is 4.39. The quantitative estimate of drug-likeness (QED) is 0.731. The molecule has 0 aromatic carbocycles. The van der Waals surface area contributed by atoms with Gasteiger partial charge < -0.3 is 15.5 Å². The van der Waals surface area contributed by atoms with E-state index < -0.39 is 5.54 Å². The topological polar surface area (TPSA) is 49.6 Å². The predicted molar refractivity (Wildman–Crippen MR) is 80.0 cm³/mol. The van der Waals surface area contributed by atoms with E-state index in [0.717, 1.165) is 64.8 Å². The van der Waals surface area contributed by atoms with Gasteiger partial charge in [-0.05, 0) is 45.8 Å². The third kappa shape index (κ3) is 4.46. The number of nitrogens with two attached hydrogens (primary N) is 1. The Kier molecular flexibility index (Phi) is 6.80. The number of amides is 1. The van der Waals surface area contributed by atoms with Crippen LogP contribution in [-0.2, 0) is 4.79 Å². The minimum Gasteiger partial charge on any atom is -0.341 e. The van der Waals surface area contributed by atoms with E-state index in [1.54, 1.807) is 0 Å². The van der Waals surface area contributed by atoms with Crippen molar-refractivity contribution >= 4 is 5.91 Å². The van der Waals surface area contributed by atoms with E-state index in [-0.39, 0.29) is 5.91 Å². The van der Waals surface area contributed by atoms with Gasteiger partial charge in [0.25, 0.3) is 0 Å². The first-order valence-corrected chi connectivity index (χ1v) is 7.88. The van der Waals surface area contributed by atoms with Crippen LogP contribution in [0.5, 0.6) is 0 Å². The lowest BCUT2D eigenvalue weighted by molar-refractivity contribution is -0.136. The summed E-state index contributed by atoms with van der Waals surface area (Å²) in [6, 6.07) is 0. The van der Waals surface area contributed by atoms with E-state index in [2.05, 4.69) is 18.7 Å². The lowest BCUT2D eigenvalue weighted by atomic mass is 9.97. The molecule has 0 aromatic rings. The van der Waals surface area contributed by atoms with Gasteiger partial charge in [0.15, 0.2) is 0 Å². The summed E-state index contributed by atoms with van der Waals surface area (Å²) in [5.74, 6) is 0.173. The second kappa shape index (κ2) is 7.85. The van der Waals surface area contributed by atoms with Crippen molar-refractivity contribution in [3.8, 4) is 0 Å². The van der Waals surface area contributed by atoms with Crippen LogP contribution in [0.15, 0.2) is 0 Å². The molecule has 1 fully saturated rings. The van der Waals surface area contributed by atoms with Crippen LogP contribution in [0.25, 0.3) is 0 Å². The van der Waals surface area contributed by atoms with Crippen molar-refractivity contribution < 1.29 is 4.79 Å². The fraction of sp³-hybridized carbons (Fsp3) is 0.933. The zero-order valence-electron chi connectivity index (χ0n) is 13.0. The molecule has 19 heavy (non-hydrogen) atoms. The summed E-state index contributed by atoms with van der Waals surface area (Å²) in [5, 5.41) is 0. The minimum absolute atomic E-state index is 0.173. The van der Waals surface area contributed by atoms with Gasteiger partial charge in [-0.3, -0.25) is 4.79 Å². The largest absolute Gasteiger partial charge is 0.341 e. The molecule has 0 spiro atoms. The summed E-state index contributed by atoms with van der Waals surface area (Å²) >= 11 is 0. The van der Waals surface area contributed by atoms with Crippen LogP contribution < -0.4 is 5.73 Å². The normalized spacial score (nSPS) is 17.9. The predicted octanol–water partition coefficient (Wildman–Crippen LogP) is 1.84. The molecule has 2 N–H and O–H groups in total. The summed E-state index contributed by atoms with van der Waals surface area (Å²) in [4.78, 5) is 16.8. The van der Waals surface area contributed by atoms with Crippen molar-refractivity contribution in [3.05, 3.63) is 0 Å². The SMILES string of the molecule is CCN(CC)CCCN(CC)C(=O)C1(N)CCCC1. The van der Waals surface area contributed by atoms with Gasteiger partial charge in [-0.25, -0.2) is 0 Å². The number of rotatable bonds is 8. The monoisotopic (exact) mass is 269 g/mol. The van der Waals surface area contributed by atoms with E-state index >= 15 is 0 Å². The molecule has 0 aromatic heterocycles. The van der Waals surface area contributed by atoms with Crippen molar-refractivity contribution in [3.63, 3.8) is 0 Å². The van der Waals surface area contributed by atoms with Crippen LogP contribution >= 0.6 is 0 Å². The number of nitrogens with zero attached hydrogens (tertiary/aromatic N) is 2. The first kappa shape index (κ1) is 16.4. The Morgan fingerprint density at radius 1 is 1.05 bits per heavy atom. The molecule has 0 bridgehead atoms. The molecule has 0 heterocycles. The van der Waals surface area contributed by atoms with Crippen LogP contribution in [0.2, 0.25) is 0 Å². The van der Waals surface area contributed by atoms with Gasteiger partial charge in [-0.2, -0.15) is 0 Å². The Morgan fingerprint density at radius 3 is 2.11 bits per heavy atom. The molecule has 112 valence electrons. The summed E-state index contributed by atoms with van der Waals surface area (Å²) in [7, 11) is 0. The zero-order chi connectivity index (χ0) is 14.3. The summed E-state index contributed by atoms with van der Waals surface area (Å²) in [5.41, 5.74) is 5.70. The highest BCUT2D eigenvalue weighted by Crippen LogP contribution is 2.29. The van der Waals surface area contributed by atoms with Crippen molar-refractivity contribution in [2.45, 2.75) is 58.4 Å². The number of carbonyl (C=O) groups is 1. The van der Waals surface area contributed by atoms with Gasteiger partial charge in [0, 0.05) is 13.1 Å². The average molecular weight is 269 g/mol. The molecule has 1 aliphatic carbocycles. The zero-order valence-corrected chi connectivity index (χ0v) is 13.0. The van der Waals surface area contributed by atoms with Crippen molar-refractivity contribution in [2.75, 3.05) is 32.7 Å². The molecule has 0 atom stereocenters. The molecule has 0 aliphatic heterocycles. The van der Waals surface area contributed by atoms with Crippen LogP contribution in [0, 0.1) is 0 Å². The second-order valence-corrected chi connectivity index (χ2v) is 5.63. The molecule has 4 nitrogen and oxygen atoms in total. The summed E-state index contributed by atoms with van der Waals surface area (Å²) in [6.07, 6.45) is 4.95. The number of hydrogen-bond acceptors (Lipinski definition) is 3. The van der Waals surface area contributed by atoms with Crippen LogP contribution in [0.3, 0.4) is 0 Å². The molecule has 1 amide bonds. The summed E-state index contributed by atoms with van der Waals surface area (Å²) < 4.78 is 0.